The van der Waals surface area contributed by atoms with E-state index in [-0.39, 0.29) is 13.0 Å². The summed E-state index contributed by atoms with van der Waals surface area (Å²) in [6.45, 7) is 11.0. The highest BCUT2D eigenvalue weighted by molar-refractivity contribution is 5.58. The smallest absolute Gasteiger partial charge is 0.266 e. The molecule has 5 heteroatoms. The van der Waals surface area contributed by atoms with Gasteiger partial charge in [0.25, 0.3) is 5.92 Å². The van der Waals surface area contributed by atoms with Gasteiger partial charge in [-0.15, -0.1) is 0 Å². The molecular weight excluding hydrogens is 356 g/mol. The lowest BCUT2D eigenvalue weighted by molar-refractivity contribution is 0.0257. The topological polar surface area (TPSA) is 31.9 Å². The summed E-state index contributed by atoms with van der Waals surface area (Å²) in [5.74, 6) is -1.94. The first-order chi connectivity index (χ1) is 13.3. The van der Waals surface area contributed by atoms with E-state index in [1.54, 1.807) is 0 Å². The third-order valence-corrected chi connectivity index (χ3v) is 5.91. The van der Waals surface area contributed by atoms with Gasteiger partial charge in [0, 0.05) is 24.3 Å². The normalized spacial score (nSPS) is 17.5. The first-order valence-electron chi connectivity index (χ1n) is 10.6. The molecule has 0 amide bonds. The van der Waals surface area contributed by atoms with Crippen LogP contribution in [0.5, 0.6) is 0 Å². The Labute approximate surface area is 167 Å². The van der Waals surface area contributed by atoms with Crippen LogP contribution in [0.4, 0.5) is 14.5 Å². The standard InChI is InChI=1S/C23H33F2N3/c1-6-19-22(20(7-2)27-26-19)16(5)12-17-8-9-18(15(3)4)21(13-17)28-11-10-23(24,25)14-28/h8-9,13,15-16H,6-7,10-12,14H2,1-5H3,(H,26,27). The number of alkyl halides is 2. The molecular formula is C23H33F2N3. The summed E-state index contributed by atoms with van der Waals surface area (Å²) in [6.07, 6.45) is 2.68. The maximum Gasteiger partial charge on any atom is 0.266 e. The fourth-order valence-corrected chi connectivity index (χ4v) is 4.43. The van der Waals surface area contributed by atoms with Crippen LogP contribution in [0.15, 0.2) is 18.2 Å². The van der Waals surface area contributed by atoms with E-state index in [9.17, 15) is 8.78 Å². The Balaban J connectivity index is 1.89. The number of nitrogens with zero attached hydrogens (tertiary/aromatic N) is 2. The van der Waals surface area contributed by atoms with Crippen molar-refractivity contribution in [3.05, 3.63) is 46.3 Å². The van der Waals surface area contributed by atoms with Gasteiger partial charge >= 0.3 is 0 Å². The number of hydrogen-bond acceptors (Lipinski definition) is 2. The van der Waals surface area contributed by atoms with E-state index >= 15 is 0 Å². The molecule has 0 saturated carbocycles. The van der Waals surface area contributed by atoms with Gasteiger partial charge in [0.05, 0.1) is 12.2 Å². The van der Waals surface area contributed by atoms with Gasteiger partial charge in [-0.1, -0.05) is 46.8 Å². The van der Waals surface area contributed by atoms with Crippen LogP contribution < -0.4 is 4.90 Å². The fourth-order valence-electron chi connectivity index (χ4n) is 4.43. The lowest BCUT2D eigenvalue weighted by Gasteiger charge is -2.25. The SMILES string of the molecule is CCc1n[nH]c(CC)c1C(C)Cc1ccc(C(C)C)c(N2CCC(F)(F)C2)c1. The zero-order valence-electron chi connectivity index (χ0n) is 17.8. The summed E-state index contributed by atoms with van der Waals surface area (Å²) >= 11 is 0. The average Bonchev–Trinajstić information content (AvgIpc) is 3.23. The molecule has 1 N–H and O–H groups in total. The molecule has 1 saturated heterocycles. The van der Waals surface area contributed by atoms with Gasteiger partial charge in [0.15, 0.2) is 0 Å². The predicted octanol–water partition coefficient (Wildman–Crippen LogP) is 5.85. The summed E-state index contributed by atoms with van der Waals surface area (Å²) in [4.78, 5) is 1.87. The summed E-state index contributed by atoms with van der Waals surface area (Å²) in [7, 11) is 0. The molecule has 3 rings (SSSR count). The number of H-pyrrole nitrogens is 1. The molecule has 28 heavy (non-hydrogen) atoms. The van der Waals surface area contributed by atoms with Gasteiger partial charge in [0.1, 0.15) is 0 Å². The second-order valence-corrected chi connectivity index (χ2v) is 8.45. The zero-order valence-corrected chi connectivity index (χ0v) is 17.8. The van der Waals surface area contributed by atoms with Crippen LogP contribution in [0.1, 0.15) is 81.0 Å². The lowest BCUT2D eigenvalue weighted by Crippen LogP contribution is -2.26. The van der Waals surface area contributed by atoms with Gasteiger partial charge in [-0.3, -0.25) is 5.10 Å². The Morgan fingerprint density at radius 3 is 2.50 bits per heavy atom. The zero-order chi connectivity index (χ0) is 20.5. The van der Waals surface area contributed by atoms with Gasteiger partial charge < -0.3 is 4.90 Å². The number of halogens is 2. The van der Waals surface area contributed by atoms with Crippen LogP contribution in [-0.4, -0.2) is 29.2 Å². The molecule has 1 atom stereocenters. The Bertz CT molecular complexity index is 789. The van der Waals surface area contributed by atoms with Crippen molar-refractivity contribution in [1.29, 1.82) is 0 Å². The molecule has 1 unspecified atom stereocenters. The Hall–Kier alpha value is -1.91. The van der Waals surface area contributed by atoms with Crippen molar-refractivity contribution >= 4 is 5.69 Å². The quantitative estimate of drug-likeness (QED) is 0.644. The van der Waals surface area contributed by atoms with Crippen molar-refractivity contribution in [3.63, 3.8) is 0 Å². The number of anilines is 1. The van der Waals surface area contributed by atoms with Crippen molar-refractivity contribution < 1.29 is 8.78 Å². The highest BCUT2D eigenvalue weighted by atomic mass is 19.3. The number of aryl methyl sites for hydroxylation is 2. The van der Waals surface area contributed by atoms with E-state index in [0.717, 1.165) is 36.2 Å². The molecule has 0 aliphatic carbocycles. The summed E-state index contributed by atoms with van der Waals surface area (Å²) < 4.78 is 27.6. The Morgan fingerprint density at radius 1 is 1.18 bits per heavy atom. The van der Waals surface area contributed by atoms with E-state index in [1.807, 2.05) is 4.90 Å². The molecule has 2 aromatic rings. The maximum absolute atomic E-state index is 13.8. The molecule has 3 nitrogen and oxygen atoms in total. The number of aromatic nitrogens is 2. The average molecular weight is 390 g/mol. The molecule has 154 valence electrons. The van der Waals surface area contributed by atoms with Crippen LogP contribution in [0, 0.1) is 0 Å². The highest BCUT2D eigenvalue weighted by Crippen LogP contribution is 2.37. The van der Waals surface area contributed by atoms with Gasteiger partial charge in [0.2, 0.25) is 0 Å². The number of benzene rings is 1. The first-order valence-corrected chi connectivity index (χ1v) is 10.6. The number of nitrogens with one attached hydrogen (secondary N) is 1. The molecule has 1 aliphatic rings. The minimum Gasteiger partial charge on any atom is -0.365 e. The third-order valence-electron chi connectivity index (χ3n) is 5.91. The molecule has 0 spiro atoms. The molecule has 0 radical (unpaired) electrons. The lowest BCUT2D eigenvalue weighted by atomic mass is 9.89. The molecule has 1 aliphatic heterocycles. The van der Waals surface area contributed by atoms with Crippen LogP contribution >= 0.6 is 0 Å². The molecule has 1 aromatic carbocycles. The molecule has 0 bridgehead atoms. The van der Waals surface area contributed by atoms with Crippen molar-refractivity contribution in [2.24, 2.45) is 0 Å². The summed E-state index contributed by atoms with van der Waals surface area (Å²) in [5.41, 5.74) is 7.01. The predicted molar refractivity (Wildman–Crippen MR) is 112 cm³/mol. The van der Waals surface area contributed by atoms with Crippen molar-refractivity contribution in [2.45, 2.75) is 78.1 Å². The third kappa shape index (κ3) is 4.23. The van der Waals surface area contributed by atoms with Crippen LogP contribution in [-0.2, 0) is 19.3 Å². The second kappa shape index (κ2) is 8.22. The molecule has 1 aromatic heterocycles. The van der Waals surface area contributed by atoms with Crippen LogP contribution in [0.3, 0.4) is 0 Å². The summed E-state index contributed by atoms with van der Waals surface area (Å²) in [5, 5.41) is 7.67. The molecule has 2 heterocycles. The van der Waals surface area contributed by atoms with Crippen molar-refractivity contribution in [3.8, 4) is 0 Å². The van der Waals surface area contributed by atoms with Gasteiger partial charge in [-0.05, 0) is 53.9 Å². The monoisotopic (exact) mass is 389 g/mol. The van der Waals surface area contributed by atoms with E-state index < -0.39 is 5.92 Å². The van der Waals surface area contributed by atoms with Crippen molar-refractivity contribution in [2.75, 3.05) is 18.0 Å². The van der Waals surface area contributed by atoms with Gasteiger partial charge in [-0.2, -0.15) is 5.10 Å². The minimum atomic E-state index is -2.58. The Morgan fingerprint density at radius 2 is 1.93 bits per heavy atom. The fraction of sp³-hybridized carbons (Fsp3) is 0.609. The highest BCUT2D eigenvalue weighted by Gasteiger charge is 2.39. The van der Waals surface area contributed by atoms with Crippen LogP contribution in [0.25, 0.3) is 0 Å². The second-order valence-electron chi connectivity index (χ2n) is 8.45. The van der Waals surface area contributed by atoms with E-state index in [1.165, 1.54) is 16.8 Å². The summed E-state index contributed by atoms with van der Waals surface area (Å²) in [6, 6.07) is 6.45. The number of aromatic amines is 1. The molecule has 1 fully saturated rings. The largest absolute Gasteiger partial charge is 0.365 e. The number of rotatable bonds is 7. The minimum absolute atomic E-state index is 0.0556. The first kappa shape index (κ1) is 20.8. The van der Waals surface area contributed by atoms with Crippen LogP contribution in [0.2, 0.25) is 0 Å². The Kier molecular flexibility index (Phi) is 6.11. The van der Waals surface area contributed by atoms with E-state index in [0.29, 0.717) is 18.4 Å². The maximum atomic E-state index is 13.8. The van der Waals surface area contributed by atoms with E-state index in [4.69, 9.17) is 0 Å². The van der Waals surface area contributed by atoms with E-state index in [2.05, 4.69) is 63.0 Å². The number of hydrogen-bond donors (Lipinski definition) is 1. The van der Waals surface area contributed by atoms with Crippen molar-refractivity contribution in [1.82, 2.24) is 10.2 Å². The van der Waals surface area contributed by atoms with Gasteiger partial charge in [-0.25, -0.2) is 8.78 Å².